The maximum Gasteiger partial charge on any atom is 0.123 e. The number of nitrogens with zero attached hydrogens (tertiary/aromatic N) is 1. The summed E-state index contributed by atoms with van der Waals surface area (Å²) in [6.07, 6.45) is 0.656. The summed E-state index contributed by atoms with van der Waals surface area (Å²) in [4.78, 5) is 4.64. The van der Waals surface area contributed by atoms with Gasteiger partial charge in [0.2, 0.25) is 0 Å². The highest BCUT2D eigenvalue weighted by Gasteiger charge is 2.04. The van der Waals surface area contributed by atoms with Crippen LogP contribution < -0.4 is 0 Å². The van der Waals surface area contributed by atoms with Gasteiger partial charge in [0.1, 0.15) is 5.82 Å². The van der Waals surface area contributed by atoms with E-state index in [9.17, 15) is 4.39 Å². The topological polar surface area (TPSA) is 12.9 Å². The van der Waals surface area contributed by atoms with Crippen LogP contribution >= 0.6 is 0 Å². The lowest BCUT2D eigenvalue weighted by atomic mass is 10.0. The molecule has 1 nitrogen and oxygen atoms in total. The molecule has 0 amide bonds. The van der Waals surface area contributed by atoms with Crippen molar-refractivity contribution in [1.82, 2.24) is 4.98 Å². The summed E-state index contributed by atoms with van der Waals surface area (Å²) in [6, 6.07) is 16.8. The van der Waals surface area contributed by atoms with Gasteiger partial charge in [-0.05, 0) is 42.3 Å². The van der Waals surface area contributed by atoms with E-state index < -0.39 is 0 Å². The van der Waals surface area contributed by atoms with E-state index in [1.165, 1.54) is 17.0 Å². The highest BCUT2D eigenvalue weighted by Crippen LogP contribution is 2.19. The van der Waals surface area contributed by atoms with Crippen LogP contribution in [0.1, 0.15) is 16.8 Å². The first-order valence-corrected chi connectivity index (χ1v) is 6.32. The summed E-state index contributed by atoms with van der Waals surface area (Å²) in [7, 11) is 0. The number of hydrogen-bond donors (Lipinski definition) is 0. The Labute approximate surface area is 111 Å². The minimum absolute atomic E-state index is 0.199. The average Bonchev–Trinajstić information content (AvgIpc) is 2.39. The first-order valence-electron chi connectivity index (χ1n) is 6.32. The smallest absolute Gasteiger partial charge is 0.123 e. The van der Waals surface area contributed by atoms with Gasteiger partial charge in [0.25, 0.3) is 0 Å². The highest BCUT2D eigenvalue weighted by molar-refractivity contribution is 5.82. The summed E-state index contributed by atoms with van der Waals surface area (Å²) >= 11 is 0. The Morgan fingerprint density at radius 2 is 1.84 bits per heavy atom. The van der Waals surface area contributed by atoms with Crippen LogP contribution in [0.5, 0.6) is 0 Å². The first kappa shape index (κ1) is 11.8. The lowest BCUT2D eigenvalue weighted by molar-refractivity contribution is 0.626. The number of halogens is 1. The summed E-state index contributed by atoms with van der Waals surface area (Å²) in [5.41, 5.74) is 4.12. The number of hydrogen-bond acceptors (Lipinski definition) is 1. The maximum atomic E-state index is 13.2. The van der Waals surface area contributed by atoms with Gasteiger partial charge in [0, 0.05) is 17.5 Å². The number of rotatable bonds is 2. The van der Waals surface area contributed by atoms with Crippen molar-refractivity contribution >= 4 is 10.9 Å². The minimum Gasteiger partial charge on any atom is -0.252 e. The molecule has 1 aromatic heterocycles. The van der Waals surface area contributed by atoms with Crippen molar-refractivity contribution in [2.75, 3.05) is 0 Å². The Bertz CT molecular complexity index is 734. The lowest BCUT2D eigenvalue weighted by Gasteiger charge is -2.06. The van der Waals surface area contributed by atoms with E-state index in [-0.39, 0.29) is 5.82 Å². The lowest BCUT2D eigenvalue weighted by Crippen LogP contribution is -1.95. The predicted octanol–water partition coefficient (Wildman–Crippen LogP) is 4.27. The molecule has 2 aromatic carbocycles. The zero-order valence-electron chi connectivity index (χ0n) is 10.7. The molecule has 0 atom stereocenters. The number of aromatic nitrogens is 1. The molecule has 3 aromatic rings. The molecule has 0 unspecified atom stereocenters. The molecule has 2 heteroatoms. The monoisotopic (exact) mass is 251 g/mol. The normalized spacial score (nSPS) is 10.8. The molecule has 0 aliphatic rings. The molecule has 3 rings (SSSR count). The van der Waals surface area contributed by atoms with Gasteiger partial charge in [-0.15, -0.1) is 0 Å². The first-order chi connectivity index (χ1) is 9.22. The Morgan fingerprint density at radius 3 is 2.68 bits per heavy atom. The number of para-hydroxylation sites is 1. The molecule has 0 radical (unpaired) electrons. The molecule has 94 valence electrons. The molecule has 0 saturated carbocycles. The number of pyridine rings is 1. The van der Waals surface area contributed by atoms with Crippen molar-refractivity contribution in [1.29, 1.82) is 0 Å². The molecule has 0 N–H and O–H groups in total. The Balaban J connectivity index is 2.02. The maximum absolute atomic E-state index is 13.2. The van der Waals surface area contributed by atoms with E-state index in [0.29, 0.717) is 6.42 Å². The van der Waals surface area contributed by atoms with E-state index in [0.717, 1.165) is 16.8 Å². The summed E-state index contributed by atoms with van der Waals surface area (Å²) in [5.74, 6) is -0.199. The third-order valence-corrected chi connectivity index (χ3v) is 3.25. The number of benzene rings is 2. The molecule has 0 bridgehead atoms. The van der Waals surface area contributed by atoms with Gasteiger partial charge >= 0.3 is 0 Å². The van der Waals surface area contributed by atoms with Crippen LogP contribution in [-0.2, 0) is 6.42 Å². The predicted molar refractivity (Wildman–Crippen MR) is 75.7 cm³/mol. The van der Waals surface area contributed by atoms with Crippen LogP contribution in [0.15, 0.2) is 54.6 Å². The zero-order valence-corrected chi connectivity index (χ0v) is 10.7. The van der Waals surface area contributed by atoms with Crippen LogP contribution in [0.3, 0.4) is 0 Å². The molecule has 0 saturated heterocycles. The van der Waals surface area contributed by atoms with Crippen LogP contribution in [-0.4, -0.2) is 4.98 Å². The van der Waals surface area contributed by atoms with Gasteiger partial charge in [-0.2, -0.15) is 0 Å². The molecule has 0 fully saturated rings. The van der Waals surface area contributed by atoms with Gasteiger partial charge in [-0.3, -0.25) is 4.98 Å². The fourth-order valence-electron chi connectivity index (χ4n) is 2.37. The minimum atomic E-state index is -0.199. The third-order valence-electron chi connectivity index (χ3n) is 3.25. The van der Waals surface area contributed by atoms with Crippen molar-refractivity contribution in [3.05, 3.63) is 77.2 Å². The van der Waals surface area contributed by atoms with Crippen molar-refractivity contribution < 1.29 is 4.39 Å². The Morgan fingerprint density at radius 1 is 1.00 bits per heavy atom. The van der Waals surface area contributed by atoms with Gasteiger partial charge in [0.05, 0.1) is 5.52 Å². The molecular weight excluding hydrogens is 237 g/mol. The molecule has 19 heavy (non-hydrogen) atoms. The second kappa shape index (κ2) is 4.81. The van der Waals surface area contributed by atoms with Crippen molar-refractivity contribution in [3.63, 3.8) is 0 Å². The fourth-order valence-corrected chi connectivity index (χ4v) is 2.37. The Hall–Kier alpha value is -2.22. The number of aryl methyl sites for hydroxylation is 1. The Kier molecular flexibility index (Phi) is 3.00. The van der Waals surface area contributed by atoms with Crippen LogP contribution in [0.4, 0.5) is 4.39 Å². The van der Waals surface area contributed by atoms with Crippen LogP contribution in [0, 0.1) is 12.7 Å². The van der Waals surface area contributed by atoms with E-state index in [1.807, 2.05) is 24.3 Å². The molecular formula is C17H14FN. The largest absolute Gasteiger partial charge is 0.252 e. The van der Waals surface area contributed by atoms with E-state index >= 15 is 0 Å². The molecule has 1 heterocycles. The van der Waals surface area contributed by atoms with E-state index in [1.54, 1.807) is 12.1 Å². The molecule has 0 spiro atoms. The number of fused-ring (bicyclic) bond motifs is 1. The summed E-state index contributed by atoms with van der Waals surface area (Å²) in [5, 5.41) is 1.17. The standard InChI is InChI=1S/C17H14FN/c1-12-9-15(11-13-5-4-6-14(18)10-13)19-17-8-3-2-7-16(12)17/h2-10H,11H2,1H3. The van der Waals surface area contributed by atoms with Gasteiger partial charge in [0.15, 0.2) is 0 Å². The van der Waals surface area contributed by atoms with Gasteiger partial charge in [-0.25, -0.2) is 4.39 Å². The average molecular weight is 251 g/mol. The van der Waals surface area contributed by atoms with E-state index in [4.69, 9.17) is 0 Å². The highest BCUT2D eigenvalue weighted by atomic mass is 19.1. The second-order valence-corrected chi connectivity index (χ2v) is 4.75. The summed E-state index contributed by atoms with van der Waals surface area (Å²) in [6.45, 7) is 2.08. The summed E-state index contributed by atoms with van der Waals surface area (Å²) < 4.78 is 13.2. The van der Waals surface area contributed by atoms with Gasteiger partial charge in [-0.1, -0.05) is 30.3 Å². The molecule has 0 aliphatic heterocycles. The van der Waals surface area contributed by atoms with Crippen LogP contribution in [0.2, 0.25) is 0 Å². The molecule has 0 aliphatic carbocycles. The zero-order chi connectivity index (χ0) is 13.2. The second-order valence-electron chi connectivity index (χ2n) is 4.75. The van der Waals surface area contributed by atoms with Crippen molar-refractivity contribution in [3.8, 4) is 0 Å². The SMILES string of the molecule is Cc1cc(Cc2cccc(F)c2)nc2ccccc12. The van der Waals surface area contributed by atoms with Crippen molar-refractivity contribution in [2.24, 2.45) is 0 Å². The van der Waals surface area contributed by atoms with Crippen LogP contribution in [0.25, 0.3) is 10.9 Å². The fraction of sp³-hybridized carbons (Fsp3) is 0.118. The van der Waals surface area contributed by atoms with Gasteiger partial charge < -0.3 is 0 Å². The van der Waals surface area contributed by atoms with E-state index in [2.05, 4.69) is 24.0 Å². The van der Waals surface area contributed by atoms with Crippen molar-refractivity contribution in [2.45, 2.75) is 13.3 Å². The quantitative estimate of drug-likeness (QED) is 0.662. The third kappa shape index (κ3) is 2.48.